The predicted molar refractivity (Wildman–Crippen MR) is 71.4 cm³/mol. The van der Waals surface area contributed by atoms with Gasteiger partial charge < -0.3 is 15.2 Å². The average molecular weight is 267 g/mol. The van der Waals surface area contributed by atoms with Crippen LogP contribution in [0.4, 0.5) is 5.69 Å². The molecule has 0 bridgehead atoms. The maximum Gasteiger partial charge on any atom is 0.257 e. The first-order chi connectivity index (χ1) is 8.56. The van der Waals surface area contributed by atoms with Gasteiger partial charge in [-0.3, -0.25) is 0 Å². The highest BCUT2D eigenvalue weighted by Gasteiger charge is 2.10. The number of aromatic nitrogens is 2. The van der Waals surface area contributed by atoms with E-state index < -0.39 is 0 Å². The summed E-state index contributed by atoms with van der Waals surface area (Å²) < 4.78 is 5.20. The molecule has 0 aliphatic rings. The monoisotopic (exact) mass is 266 g/mol. The highest BCUT2D eigenvalue weighted by molar-refractivity contribution is 6.33. The van der Waals surface area contributed by atoms with Crippen molar-refractivity contribution < 1.29 is 4.52 Å². The minimum absolute atomic E-state index is 0.465. The van der Waals surface area contributed by atoms with E-state index in [0.717, 1.165) is 18.5 Å². The lowest BCUT2D eigenvalue weighted by Gasteiger charge is -2.05. The smallest absolute Gasteiger partial charge is 0.257 e. The SMILES string of the molecule is CN(C)CCc1noc(-c2ccc(Cl)c(N)c2)n1. The molecular formula is C12H15ClN4O. The van der Waals surface area contributed by atoms with E-state index in [2.05, 4.69) is 15.0 Å². The van der Waals surface area contributed by atoms with Gasteiger partial charge in [-0.2, -0.15) is 4.98 Å². The summed E-state index contributed by atoms with van der Waals surface area (Å²) in [6.07, 6.45) is 0.750. The average Bonchev–Trinajstić information content (AvgIpc) is 2.79. The van der Waals surface area contributed by atoms with Crippen molar-refractivity contribution in [3.05, 3.63) is 29.0 Å². The third-order valence-electron chi connectivity index (χ3n) is 2.49. The summed E-state index contributed by atoms with van der Waals surface area (Å²) in [6, 6.07) is 5.25. The van der Waals surface area contributed by atoms with Crippen LogP contribution in [0.15, 0.2) is 22.7 Å². The summed E-state index contributed by atoms with van der Waals surface area (Å²) in [4.78, 5) is 6.39. The molecule has 2 aromatic rings. The zero-order valence-corrected chi connectivity index (χ0v) is 11.1. The van der Waals surface area contributed by atoms with Crippen LogP contribution in [-0.2, 0) is 6.42 Å². The van der Waals surface area contributed by atoms with Crippen molar-refractivity contribution >= 4 is 17.3 Å². The number of rotatable bonds is 4. The highest BCUT2D eigenvalue weighted by atomic mass is 35.5. The summed E-state index contributed by atoms with van der Waals surface area (Å²) >= 11 is 5.86. The number of likely N-dealkylation sites (N-methyl/N-ethyl adjacent to an activating group) is 1. The van der Waals surface area contributed by atoms with Crippen LogP contribution >= 0.6 is 11.6 Å². The van der Waals surface area contributed by atoms with Crippen molar-refractivity contribution in [2.75, 3.05) is 26.4 Å². The molecule has 0 aliphatic heterocycles. The summed E-state index contributed by atoms with van der Waals surface area (Å²) in [5.74, 6) is 1.15. The fraction of sp³-hybridized carbons (Fsp3) is 0.333. The van der Waals surface area contributed by atoms with Crippen LogP contribution in [0.3, 0.4) is 0 Å². The first-order valence-electron chi connectivity index (χ1n) is 5.59. The number of anilines is 1. The van der Waals surface area contributed by atoms with E-state index in [-0.39, 0.29) is 0 Å². The molecule has 2 N–H and O–H groups in total. The van der Waals surface area contributed by atoms with Gasteiger partial charge in [0.1, 0.15) is 0 Å². The topological polar surface area (TPSA) is 68.2 Å². The maximum atomic E-state index is 5.86. The zero-order chi connectivity index (χ0) is 13.1. The standard InChI is InChI=1S/C12H15ClN4O/c1-17(2)6-5-11-15-12(18-16-11)8-3-4-9(13)10(14)7-8/h3-4,7H,5-6,14H2,1-2H3. The van der Waals surface area contributed by atoms with Crippen molar-refractivity contribution in [3.8, 4) is 11.5 Å². The molecule has 0 unspecified atom stereocenters. The number of hydrogen-bond acceptors (Lipinski definition) is 5. The Hall–Kier alpha value is -1.59. The third-order valence-corrected chi connectivity index (χ3v) is 2.84. The van der Waals surface area contributed by atoms with E-state index >= 15 is 0 Å². The zero-order valence-electron chi connectivity index (χ0n) is 10.4. The van der Waals surface area contributed by atoms with Gasteiger partial charge in [-0.25, -0.2) is 0 Å². The molecule has 2 rings (SSSR count). The van der Waals surface area contributed by atoms with Gasteiger partial charge in [0, 0.05) is 18.5 Å². The van der Waals surface area contributed by atoms with Gasteiger partial charge in [-0.15, -0.1) is 0 Å². The quantitative estimate of drug-likeness (QED) is 0.858. The lowest BCUT2D eigenvalue weighted by molar-refractivity contribution is 0.392. The van der Waals surface area contributed by atoms with Gasteiger partial charge >= 0.3 is 0 Å². The molecule has 1 heterocycles. The van der Waals surface area contributed by atoms with Gasteiger partial charge in [0.05, 0.1) is 10.7 Å². The van der Waals surface area contributed by atoms with Crippen LogP contribution in [-0.4, -0.2) is 35.7 Å². The molecule has 0 amide bonds. The summed E-state index contributed by atoms with van der Waals surface area (Å²) in [7, 11) is 4.00. The first-order valence-corrected chi connectivity index (χ1v) is 5.97. The fourth-order valence-electron chi connectivity index (χ4n) is 1.47. The largest absolute Gasteiger partial charge is 0.398 e. The Labute approximate surface area is 111 Å². The van der Waals surface area contributed by atoms with E-state index in [1.54, 1.807) is 12.1 Å². The van der Waals surface area contributed by atoms with Crippen molar-refractivity contribution in [1.29, 1.82) is 0 Å². The number of benzene rings is 1. The summed E-state index contributed by atoms with van der Waals surface area (Å²) in [6.45, 7) is 0.877. The van der Waals surface area contributed by atoms with Crippen molar-refractivity contribution in [2.24, 2.45) is 0 Å². The van der Waals surface area contributed by atoms with Gasteiger partial charge in [-0.1, -0.05) is 16.8 Å². The van der Waals surface area contributed by atoms with Gasteiger partial charge in [-0.05, 0) is 32.3 Å². The van der Waals surface area contributed by atoms with Crippen LogP contribution in [0, 0.1) is 0 Å². The molecular weight excluding hydrogens is 252 g/mol. The molecule has 96 valence electrons. The van der Waals surface area contributed by atoms with E-state index in [4.69, 9.17) is 21.9 Å². The Kier molecular flexibility index (Phi) is 3.84. The second kappa shape index (κ2) is 5.37. The van der Waals surface area contributed by atoms with Crippen molar-refractivity contribution in [1.82, 2.24) is 15.0 Å². The van der Waals surface area contributed by atoms with E-state index in [9.17, 15) is 0 Å². The second-order valence-corrected chi connectivity index (χ2v) is 4.71. The normalized spacial score (nSPS) is 11.1. The Morgan fingerprint density at radius 2 is 2.17 bits per heavy atom. The van der Waals surface area contributed by atoms with Crippen LogP contribution in [0.5, 0.6) is 0 Å². The lowest BCUT2D eigenvalue weighted by Crippen LogP contribution is -2.15. The molecule has 0 saturated carbocycles. The van der Waals surface area contributed by atoms with Crippen LogP contribution in [0.1, 0.15) is 5.82 Å². The van der Waals surface area contributed by atoms with Gasteiger partial charge in [0.2, 0.25) is 0 Å². The third kappa shape index (κ3) is 3.00. The first kappa shape index (κ1) is 12.9. The molecule has 6 heteroatoms. The van der Waals surface area contributed by atoms with Crippen LogP contribution in [0.25, 0.3) is 11.5 Å². The molecule has 1 aromatic carbocycles. The molecule has 0 atom stereocenters. The molecule has 5 nitrogen and oxygen atoms in total. The lowest BCUT2D eigenvalue weighted by atomic mass is 10.2. The van der Waals surface area contributed by atoms with E-state index in [0.29, 0.717) is 22.4 Å². The van der Waals surface area contributed by atoms with Gasteiger partial charge in [0.25, 0.3) is 5.89 Å². The number of nitrogen functional groups attached to an aromatic ring is 1. The molecule has 1 aromatic heterocycles. The Morgan fingerprint density at radius 1 is 1.39 bits per heavy atom. The van der Waals surface area contributed by atoms with E-state index in [1.165, 1.54) is 0 Å². The maximum absolute atomic E-state index is 5.86. The number of halogens is 1. The minimum atomic E-state index is 0.465. The Bertz CT molecular complexity index is 539. The Morgan fingerprint density at radius 3 is 2.83 bits per heavy atom. The molecule has 0 radical (unpaired) electrons. The summed E-state index contributed by atoms with van der Waals surface area (Å²) in [5, 5.41) is 4.45. The molecule has 0 aliphatic carbocycles. The number of nitrogens with zero attached hydrogens (tertiary/aromatic N) is 3. The highest BCUT2D eigenvalue weighted by Crippen LogP contribution is 2.25. The van der Waals surface area contributed by atoms with Crippen molar-refractivity contribution in [2.45, 2.75) is 6.42 Å². The molecule has 0 fully saturated rings. The minimum Gasteiger partial charge on any atom is -0.398 e. The van der Waals surface area contributed by atoms with Crippen molar-refractivity contribution in [3.63, 3.8) is 0 Å². The molecule has 0 saturated heterocycles. The molecule has 0 spiro atoms. The van der Waals surface area contributed by atoms with Gasteiger partial charge in [0.15, 0.2) is 5.82 Å². The number of nitrogens with two attached hydrogens (primary N) is 1. The molecule has 18 heavy (non-hydrogen) atoms. The van der Waals surface area contributed by atoms with E-state index in [1.807, 2.05) is 20.2 Å². The second-order valence-electron chi connectivity index (χ2n) is 4.31. The number of hydrogen-bond donors (Lipinski definition) is 1. The van der Waals surface area contributed by atoms with Crippen LogP contribution < -0.4 is 5.73 Å². The predicted octanol–water partition coefficient (Wildman–Crippen LogP) is 2.08. The Balaban J connectivity index is 2.16. The fourth-order valence-corrected chi connectivity index (χ4v) is 1.59. The summed E-state index contributed by atoms with van der Waals surface area (Å²) in [5.41, 5.74) is 7.02. The van der Waals surface area contributed by atoms with Crippen LogP contribution in [0.2, 0.25) is 5.02 Å².